The number of nitrogens with zero attached hydrogens (tertiary/aromatic N) is 2. The number of carbonyl (C=O) groups excluding carboxylic acids is 2. The molecule has 1 aliphatic heterocycles. The van der Waals surface area contributed by atoms with Gasteiger partial charge in [-0.3, -0.25) is 9.59 Å². The third kappa shape index (κ3) is 6.22. The number of anilines is 2. The van der Waals surface area contributed by atoms with E-state index in [0.717, 1.165) is 37.6 Å². The molecule has 0 aromatic heterocycles. The van der Waals surface area contributed by atoms with Crippen molar-refractivity contribution in [2.75, 3.05) is 56.7 Å². The van der Waals surface area contributed by atoms with E-state index in [1.807, 2.05) is 55.5 Å². The van der Waals surface area contributed by atoms with E-state index in [9.17, 15) is 9.59 Å². The number of hydrogen-bond acceptors (Lipinski definition) is 5. The molecular weight excluding hydrogens is 370 g/mol. The summed E-state index contributed by atoms with van der Waals surface area (Å²) in [5.41, 5.74) is 2.92. The maximum Gasteiger partial charge on any atom is 0.260 e. The van der Waals surface area contributed by atoms with E-state index in [1.165, 1.54) is 4.90 Å². The Bertz CT molecular complexity index is 815. The molecule has 0 aliphatic carbocycles. The number of rotatable bonds is 7. The maximum atomic E-state index is 12.3. The van der Waals surface area contributed by atoms with Crippen molar-refractivity contribution in [2.24, 2.45) is 0 Å². The minimum absolute atomic E-state index is 0.0404. The first-order valence-electron chi connectivity index (χ1n) is 9.67. The molecule has 7 heteroatoms. The number of carbonyl (C=O) groups is 2. The van der Waals surface area contributed by atoms with Crippen LogP contribution in [0.4, 0.5) is 11.4 Å². The predicted molar refractivity (Wildman–Crippen MR) is 112 cm³/mol. The summed E-state index contributed by atoms with van der Waals surface area (Å²) in [7, 11) is 1.59. The van der Waals surface area contributed by atoms with Crippen molar-refractivity contribution in [3.05, 3.63) is 54.1 Å². The molecule has 1 heterocycles. The average Bonchev–Trinajstić information content (AvgIpc) is 2.74. The molecular formula is C22H27N3O4. The lowest BCUT2D eigenvalue weighted by Crippen LogP contribution is -2.37. The number of aryl methyl sites for hydroxylation is 1. The Labute approximate surface area is 171 Å². The zero-order valence-electron chi connectivity index (χ0n) is 16.9. The van der Waals surface area contributed by atoms with Crippen molar-refractivity contribution < 1.29 is 19.1 Å². The van der Waals surface area contributed by atoms with Gasteiger partial charge in [0.15, 0.2) is 6.61 Å². The van der Waals surface area contributed by atoms with Gasteiger partial charge in [-0.25, -0.2) is 0 Å². The first-order chi connectivity index (χ1) is 14.0. The number of likely N-dealkylation sites (N-methyl/N-ethyl adjacent to an activating group) is 1. The highest BCUT2D eigenvalue weighted by Gasteiger charge is 2.15. The Kier molecular flexibility index (Phi) is 7.08. The van der Waals surface area contributed by atoms with Crippen LogP contribution >= 0.6 is 0 Å². The second kappa shape index (κ2) is 9.93. The fraction of sp³-hybridized carbons (Fsp3) is 0.364. The van der Waals surface area contributed by atoms with Crippen LogP contribution in [0, 0.1) is 6.92 Å². The molecule has 0 spiro atoms. The third-order valence-corrected chi connectivity index (χ3v) is 4.72. The van der Waals surface area contributed by atoms with Gasteiger partial charge in [0.2, 0.25) is 5.91 Å². The molecule has 1 fully saturated rings. The van der Waals surface area contributed by atoms with Crippen molar-refractivity contribution in [2.45, 2.75) is 6.92 Å². The summed E-state index contributed by atoms with van der Waals surface area (Å²) in [5.74, 6) is 0.112. The molecule has 2 aromatic carbocycles. The SMILES string of the molecule is Cc1ccc(OCC(=O)N(C)CC(=O)Nc2ccc(N3CCOCC3)cc2)cc1. The van der Waals surface area contributed by atoms with Crippen LogP contribution in [-0.4, -0.2) is 63.2 Å². The summed E-state index contributed by atoms with van der Waals surface area (Å²) < 4.78 is 10.8. The van der Waals surface area contributed by atoms with E-state index in [0.29, 0.717) is 11.4 Å². The van der Waals surface area contributed by atoms with Crippen LogP contribution in [0.3, 0.4) is 0 Å². The van der Waals surface area contributed by atoms with Crippen LogP contribution in [0.25, 0.3) is 0 Å². The molecule has 0 saturated carbocycles. The number of ether oxygens (including phenoxy) is 2. The molecule has 1 N–H and O–H groups in total. The Hall–Kier alpha value is -3.06. The van der Waals surface area contributed by atoms with Crippen molar-refractivity contribution >= 4 is 23.2 Å². The zero-order chi connectivity index (χ0) is 20.6. The molecule has 0 radical (unpaired) electrons. The standard InChI is InChI=1S/C22H27N3O4/c1-17-3-9-20(10-4-17)29-16-22(27)24(2)15-21(26)23-18-5-7-19(8-6-18)25-11-13-28-14-12-25/h3-10H,11-16H2,1-2H3,(H,23,26). The van der Waals surface area contributed by atoms with Gasteiger partial charge in [-0.05, 0) is 43.3 Å². The molecule has 0 unspecified atom stereocenters. The van der Waals surface area contributed by atoms with Crippen LogP contribution in [0.1, 0.15) is 5.56 Å². The highest BCUT2D eigenvalue weighted by molar-refractivity contribution is 5.94. The fourth-order valence-electron chi connectivity index (χ4n) is 2.97. The smallest absolute Gasteiger partial charge is 0.260 e. The molecule has 0 bridgehead atoms. The monoisotopic (exact) mass is 397 g/mol. The molecule has 2 aromatic rings. The Morgan fingerprint density at radius 1 is 1.07 bits per heavy atom. The van der Waals surface area contributed by atoms with E-state index in [2.05, 4.69) is 10.2 Å². The van der Waals surface area contributed by atoms with Gasteiger partial charge in [0, 0.05) is 31.5 Å². The summed E-state index contributed by atoms with van der Waals surface area (Å²) in [5, 5.41) is 2.82. The number of morpholine rings is 1. The topological polar surface area (TPSA) is 71.1 Å². The lowest BCUT2D eigenvalue weighted by Gasteiger charge is -2.28. The zero-order valence-corrected chi connectivity index (χ0v) is 16.9. The molecule has 2 amide bonds. The normalized spacial score (nSPS) is 13.7. The van der Waals surface area contributed by atoms with E-state index < -0.39 is 0 Å². The van der Waals surface area contributed by atoms with E-state index >= 15 is 0 Å². The van der Waals surface area contributed by atoms with Gasteiger partial charge in [0.05, 0.1) is 19.8 Å². The minimum Gasteiger partial charge on any atom is -0.484 e. The van der Waals surface area contributed by atoms with Gasteiger partial charge in [0.25, 0.3) is 5.91 Å². The molecule has 154 valence electrons. The summed E-state index contributed by atoms with van der Waals surface area (Å²) in [6.45, 7) is 5.02. The summed E-state index contributed by atoms with van der Waals surface area (Å²) in [6.07, 6.45) is 0. The number of amides is 2. The van der Waals surface area contributed by atoms with Crippen molar-refractivity contribution in [1.29, 1.82) is 0 Å². The van der Waals surface area contributed by atoms with E-state index in [1.54, 1.807) is 7.05 Å². The molecule has 1 aliphatic rings. The van der Waals surface area contributed by atoms with Gasteiger partial charge >= 0.3 is 0 Å². The quantitative estimate of drug-likeness (QED) is 0.776. The fourth-order valence-corrected chi connectivity index (χ4v) is 2.97. The molecule has 1 saturated heterocycles. The van der Waals surface area contributed by atoms with E-state index in [4.69, 9.17) is 9.47 Å². The van der Waals surface area contributed by atoms with Gasteiger partial charge in [-0.1, -0.05) is 17.7 Å². The highest BCUT2D eigenvalue weighted by Crippen LogP contribution is 2.19. The molecule has 29 heavy (non-hydrogen) atoms. The number of benzene rings is 2. The van der Waals surface area contributed by atoms with Crippen molar-refractivity contribution in [3.8, 4) is 5.75 Å². The summed E-state index contributed by atoms with van der Waals surface area (Å²) >= 11 is 0. The van der Waals surface area contributed by atoms with Crippen molar-refractivity contribution in [1.82, 2.24) is 4.90 Å². The third-order valence-electron chi connectivity index (χ3n) is 4.72. The van der Waals surface area contributed by atoms with Crippen LogP contribution in [0.15, 0.2) is 48.5 Å². The molecule has 3 rings (SSSR count). The predicted octanol–water partition coefficient (Wildman–Crippen LogP) is 2.31. The summed E-state index contributed by atoms with van der Waals surface area (Å²) in [6, 6.07) is 15.2. The Balaban J connectivity index is 1.44. The van der Waals surface area contributed by atoms with Gasteiger partial charge < -0.3 is 24.6 Å². The second-order valence-electron chi connectivity index (χ2n) is 7.05. The Morgan fingerprint density at radius 3 is 2.38 bits per heavy atom. The van der Waals surface area contributed by atoms with Gasteiger partial charge in [-0.2, -0.15) is 0 Å². The number of nitrogens with one attached hydrogen (secondary N) is 1. The highest BCUT2D eigenvalue weighted by atomic mass is 16.5. The first kappa shape index (κ1) is 20.7. The van der Waals surface area contributed by atoms with Crippen LogP contribution in [-0.2, 0) is 14.3 Å². The van der Waals surface area contributed by atoms with E-state index in [-0.39, 0.29) is 25.0 Å². The first-order valence-corrected chi connectivity index (χ1v) is 9.67. The lowest BCUT2D eigenvalue weighted by atomic mass is 10.2. The average molecular weight is 397 g/mol. The number of hydrogen-bond donors (Lipinski definition) is 1. The lowest BCUT2D eigenvalue weighted by molar-refractivity contribution is -0.135. The van der Waals surface area contributed by atoms with Crippen LogP contribution in [0.5, 0.6) is 5.75 Å². The van der Waals surface area contributed by atoms with Gasteiger partial charge in [-0.15, -0.1) is 0 Å². The summed E-state index contributed by atoms with van der Waals surface area (Å²) in [4.78, 5) is 28.0. The minimum atomic E-state index is -0.261. The van der Waals surface area contributed by atoms with Gasteiger partial charge in [0.1, 0.15) is 5.75 Å². The second-order valence-corrected chi connectivity index (χ2v) is 7.05. The molecule has 7 nitrogen and oxygen atoms in total. The van der Waals surface area contributed by atoms with Crippen molar-refractivity contribution in [3.63, 3.8) is 0 Å². The molecule has 0 atom stereocenters. The Morgan fingerprint density at radius 2 is 1.72 bits per heavy atom. The van der Waals surface area contributed by atoms with Crippen LogP contribution < -0.4 is 15.0 Å². The largest absolute Gasteiger partial charge is 0.484 e. The maximum absolute atomic E-state index is 12.3. The van der Waals surface area contributed by atoms with Crippen LogP contribution in [0.2, 0.25) is 0 Å².